The summed E-state index contributed by atoms with van der Waals surface area (Å²) in [6.45, 7) is 2.27. The molecule has 0 aromatic heterocycles. The summed E-state index contributed by atoms with van der Waals surface area (Å²) in [5.41, 5.74) is 3.72. The standard InChI is InChI=1S/C16H15ClN2/c1-11-10-18-15-8-7-13(17)9-14(15)16(19-11)12-5-3-2-4-6-12/h2-9,11,18H,10H2,1H3/i11D. The molecule has 0 amide bonds. The molecule has 96 valence electrons. The Labute approximate surface area is 119 Å². The highest BCUT2D eigenvalue weighted by atomic mass is 35.5. The lowest BCUT2D eigenvalue weighted by Gasteiger charge is -2.10. The first kappa shape index (κ1) is 11.1. The Bertz CT molecular complexity index is 665. The van der Waals surface area contributed by atoms with Crippen molar-refractivity contribution in [3.8, 4) is 0 Å². The SMILES string of the molecule is [2H]C1(C)CNc2ccc(Cl)cc2C(c2ccccc2)=N1. The minimum Gasteiger partial charge on any atom is -0.382 e. The molecule has 1 atom stereocenters. The predicted molar refractivity (Wildman–Crippen MR) is 81.5 cm³/mol. The molecule has 1 unspecified atom stereocenters. The number of fused-ring (bicyclic) bond motifs is 1. The van der Waals surface area contributed by atoms with Crippen molar-refractivity contribution in [3.05, 3.63) is 64.7 Å². The molecular weight excluding hydrogens is 256 g/mol. The maximum Gasteiger partial charge on any atom is 0.0744 e. The van der Waals surface area contributed by atoms with E-state index in [9.17, 15) is 0 Å². The van der Waals surface area contributed by atoms with Gasteiger partial charge in [-0.05, 0) is 25.1 Å². The Kier molecular flexibility index (Phi) is 2.95. The van der Waals surface area contributed by atoms with E-state index in [1.165, 1.54) is 0 Å². The van der Waals surface area contributed by atoms with Gasteiger partial charge in [-0.15, -0.1) is 0 Å². The molecule has 1 N–H and O–H groups in total. The molecule has 0 fully saturated rings. The number of hydrogen-bond donors (Lipinski definition) is 1. The zero-order valence-corrected chi connectivity index (χ0v) is 11.4. The second kappa shape index (κ2) is 5.06. The highest BCUT2D eigenvalue weighted by Crippen LogP contribution is 2.26. The van der Waals surface area contributed by atoms with Crippen LogP contribution >= 0.6 is 11.6 Å². The topological polar surface area (TPSA) is 24.4 Å². The molecule has 0 spiro atoms. The van der Waals surface area contributed by atoms with E-state index in [-0.39, 0.29) is 0 Å². The molecule has 0 saturated heterocycles. The summed E-state index contributed by atoms with van der Waals surface area (Å²) < 4.78 is 8.29. The van der Waals surface area contributed by atoms with Crippen LogP contribution in [0, 0.1) is 0 Å². The van der Waals surface area contributed by atoms with E-state index in [2.05, 4.69) is 10.3 Å². The Morgan fingerprint density at radius 2 is 2.05 bits per heavy atom. The molecule has 0 saturated carbocycles. The van der Waals surface area contributed by atoms with Gasteiger partial charge in [0.05, 0.1) is 13.1 Å². The number of benzodiazepines with no additional fused rings is 1. The third-order valence-electron chi connectivity index (χ3n) is 3.12. The number of nitrogens with one attached hydrogen (secondary N) is 1. The summed E-state index contributed by atoms with van der Waals surface area (Å²) >= 11 is 6.12. The van der Waals surface area contributed by atoms with Crippen LogP contribution < -0.4 is 5.32 Å². The average molecular weight is 272 g/mol. The highest BCUT2D eigenvalue weighted by molar-refractivity contribution is 6.31. The van der Waals surface area contributed by atoms with E-state index in [1.807, 2.05) is 48.5 Å². The van der Waals surface area contributed by atoms with E-state index < -0.39 is 6.02 Å². The second-order valence-corrected chi connectivity index (χ2v) is 5.04. The molecule has 19 heavy (non-hydrogen) atoms. The summed E-state index contributed by atoms with van der Waals surface area (Å²) in [6, 6.07) is 14.7. The third-order valence-corrected chi connectivity index (χ3v) is 3.36. The van der Waals surface area contributed by atoms with Crippen LogP contribution in [0.3, 0.4) is 0 Å². The van der Waals surface area contributed by atoms with Crippen LogP contribution in [0.25, 0.3) is 0 Å². The normalized spacial score (nSPS) is 22.6. The Hall–Kier alpha value is -1.80. The molecule has 2 aromatic carbocycles. The van der Waals surface area contributed by atoms with E-state index in [0.29, 0.717) is 11.6 Å². The van der Waals surface area contributed by atoms with Gasteiger partial charge in [0.2, 0.25) is 0 Å². The van der Waals surface area contributed by atoms with Crippen LogP contribution in [0.2, 0.25) is 5.02 Å². The lowest BCUT2D eigenvalue weighted by atomic mass is 10.0. The van der Waals surface area contributed by atoms with Crippen LogP contribution in [0.5, 0.6) is 0 Å². The van der Waals surface area contributed by atoms with Crippen LogP contribution in [0.1, 0.15) is 19.4 Å². The molecule has 1 aliphatic heterocycles. The molecular formula is C16H15ClN2. The fraction of sp³-hybridized carbons (Fsp3) is 0.188. The lowest BCUT2D eigenvalue weighted by Crippen LogP contribution is -2.12. The second-order valence-electron chi connectivity index (χ2n) is 4.61. The van der Waals surface area contributed by atoms with E-state index in [4.69, 9.17) is 13.0 Å². The molecule has 0 bridgehead atoms. The molecule has 1 heterocycles. The van der Waals surface area contributed by atoms with Crippen LogP contribution in [-0.2, 0) is 0 Å². The maximum atomic E-state index is 8.29. The van der Waals surface area contributed by atoms with Gasteiger partial charge in [-0.1, -0.05) is 41.9 Å². The monoisotopic (exact) mass is 271 g/mol. The van der Waals surface area contributed by atoms with Gasteiger partial charge in [0.25, 0.3) is 0 Å². The van der Waals surface area contributed by atoms with Gasteiger partial charge in [0.1, 0.15) is 0 Å². The van der Waals surface area contributed by atoms with E-state index in [1.54, 1.807) is 6.92 Å². The quantitative estimate of drug-likeness (QED) is 0.833. The summed E-state index contributed by atoms with van der Waals surface area (Å²) in [5.74, 6) is 0. The average Bonchev–Trinajstić information content (AvgIpc) is 2.57. The molecule has 0 radical (unpaired) electrons. The summed E-state index contributed by atoms with van der Waals surface area (Å²) in [6.07, 6.45) is 0. The van der Waals surface area contributed by atoms with Crippen LogP contribution in [0.4, 0.5) is 5.69 Å². The van der Waals surface area contributed by atoms with Crippen molar-refractivity contribution < 1.29 is 1.37 Å². The number of aliphatic imine (C=N–C) groups is 1. The van der Waals surface area contributed by atoms with E-state index >= 15 is 0 Å². The number of rotatable bonds is 1. The number of anilines is 1. The smallest absolute Gasteiger partial charge is 0.0744 e. The first-order valence-corrected chi connectivity index (χ1v) is 6.62. The van der Waals surface area contributed by atoms with Gasteiger partial charge >= 0.3 is 0 Å². The fourth-order valence-corrected chi connectivity index (χ4v) is 2.37. The van der Waals surface area contributed by atoms with E-state index in [0.717, 1.165) is 22.5 Å². The first-order valence-electron chi connectivity index (χ1n) is 6.74. The minimum atomic E-state index is -0.906. The Morgan fingerprint density at radius 1 is 1.26 bits per heavy atom. The molecule has 0 aliphatic carbocycles. The van der Waals surface area contributed by atoms with Crippen molar-refractivity contribution in [1.82, 2.24) is 0 Å². The van der Waals surface area contributed by atoms with Gasteiger partial charge in [-0.2, -0.15) is 0 Å². The van der Waals surface area contributed by atoms with Crippen molar-refractivity contribution in [3.63, 3.8) is 0 Å². The number of halogens is 1. The van der Waals surface area contributed by atoms with Gasteiger partial charge in [0.15, 0.2) is 0 Å². The molecule has 3 rings (SSSR count). The first-order chi connectivity index (χ1) is 9.55. The fourth-order valence-electron chi connectivity index (χ4n) is 2.20. The summed E-state index contributed by atoms with van der Waals surface area (Å²) in [5, 5.41) is 3.95. The van der Waals surface area contributed by atoms with Crippen molar-refractivity contribution in [2.75, 3.05) is 11.9 Å². The minimum absolute atomic E-state index is 0.470. The van der Waals surface area contributed by atoms with Crippen molar-refractivity contribution in [1.29, 1.82) is 0 Å². The molecule has 1 aliphatic rings. The van der Waals surface area contributed by atoms with Crippen molar-refractivity contribution in [2.45, 2.75) is 12.9 Å². The summed E-state index contributed by atoms with van der Waals surface area (Å²) in [7, 11) is 0. The Morgan fingerprint density at radius 3 is 2.84 bits per heavy atom. The van der Waals surface area contributed by atoms with Crippen molar-refractivity contribution in [2.24, 2.45) is 4.99 Å². The zero-order valence-electron chi connectivity index (χ0n) is 11.7. The van der Waals surface area contributed by atoms with Gasteiger partial charge in [-0.3, -0.25) is 4.99 Å². The van der Waals surface area contributed by atoms with Crippen molar-refractivity contribution >= 4 is 23.0 Å². The molecule has 3 heteroatoms. The zero-order chi connectivity index (χ0) is 14.2. The largest absolute Gasteiger partial charge is 0.382 e. The summed E-state index contributed by atoms with van der Waals surface area (Å²) in [4.78, 5) is 4.62. The third kappa shape index (κ3) is 2.49. The predicted octanol–water partition coefficient (Wildman–Crippen LogP) is 3.99. The van der Waals surface area contributed by atoms with Crippen LogP contribution in [0.15, 0.2) is 53.5 Å². The lowest BCUT2D eigenvalue weighted by molar-refractivity contribution is 0.788. The number of hydrogen-bond acceptors (Lipinski definition) is 2. The Balaban J connectivity index is 2.23. The van der Waals surface area contributed by atoms with Crippen LogP contribution in [-0.4, -0.2) is 18.3 Å². The molecule has 2 aromatic rings. The van der Waals surface area contributed by atoms with Gasteiger partial charge < -0.3 is 5.32 Å². The van der Waals surface area contributed by atoms with Gasteiger partial charge in [-0.25, -0.2) is 0 Å². The number of benzene rings is 2. The maximum absolute atomic E-state index is 8.29. The number of nitrogens with zero attached hydrogens (tertiary/aromatic N) is 1. The highest BCUT2D eigenvalue weighted by Gasteiger charge is 2.17. The van der Waals surface area contributed by atoms with Gasteiger partial charge in [0, 0.05) is 28.4 Å². The molecule has 2 nitrogen and oxygen atoms in total.